The Labute approximate surface area is 374 Å². The molecule has 0 aliphatic heterocycles. The van der Waals surface area contributed by atoms with Gasteiger partial charge in [0.25, 0.3) is 0 Å². The summed E-state index contributed by atoms with van der Waals surface area (Å²) in [5, 5.41) is 4.99. The van der Waals surface area contributed by atoms with Crippen LogP contribution in [0.2, 0.25) is 0 Å². The molecule has 1 aliphatic carbocycles. The highest BCUT2D eigenvalue weighted by Crippen LogP contribution is 2.59. The van der Waals surface area contributed by atoms with E-state index in [1.54, 1.807) is 0 Å². The molecule has 300 valence electrons. The first-order valence-corrected chi connectivity index (χ1v) is 22.2. The predicted octanol–water partition coefficient (Wildman–Crippen LogP) is 16.8. The summed E-state index contributed by atoms with van der Waals surface area (Å²) >= 11 is 0. The van der Waals surface area contributed by atoms with Gasteiger partial charge in [0.15, 0.2) is 0 Å². The van der Waals surface area contributed by atoms with Crippen LogP contribution in [0.3, 0.4) is 0 Å². The molecule has 0 aromatic heterocycles. The van der Waals surface area contributed by atoms with Crippen LogP contribution in [0.4, 0.5) is 17.1 Å². The number of fused-ring (bicyclic) bond motifs is 5. The lowest BCUT2D eigenvalue weighted by atomic mass is 9.67. The van der Waals surface area contributed by atoms with Crippen LogP contribution in [0.1, 0.15) is 22.3 Å². The second-order valence-corrected chi connectivity index (χ2v) is 16.8. The Balaban J connectivity index is 1.06. The average Bonchev–Trinajstić information content (AvgIpc) is 3.69. The van der Waals surface area contributed by atoms with Crippen LogP contribution >= 0.6 is 0 Å². The van der Waals surface area contributed by atoms with Crippen molar-refractivity contribution in [2.45, 2.75) is 5.41 Å². The average molecular weight is 814 g/mol. The first-order chi connectivity index (χ1) is 31.8. The Morgan fingerprint density at radius 3 is 1.25 bits per heavy atom. The zero-order valence-corrected chi connectivity index (χ0v) is 35.3. The van der Waals surface area contributed by atoms with Crippen LogP contribution in [0.25, 0.3) is 66.1 Å². The quantitative estimate of drug-likeness (QED) is 0.148. The van der Waals surface area contributed by atoms with Crippen molar-refractivity contribution in [3.05, 3.63) is 283 Å². The minimum atomic E-state index is -0.492. The van der Waals surface area contributed by atoms with Crippen molar-refractivity contribution in [1.82, 2.24) is 0 Å². The molecule has 0 amide bonds. The minimum absolute atomic E-state index is 0.492. The molecule has 0 bridgehead atoms. The van der Waals surface area contributed by atoms with Gasteiger partial charge in [-0.25, -0.2) is 0 Å². The summed E-state index contributed by atoms with van der Waals surface area (Å²) < 4.78 is 0. The van der Waals surface area contributed by atoms with Gasteiger partial charge in [-0.05, 0) is 113 Å². The Morgan fingerprint density at radius 2 is 0.672 bits per heavy atom. The van der Waals surface area contributed by atoms with Crippen LogP contribution in [-0.4, -0.2) is 0 Å². The van der Waals surface area contributed by atoms with Crippen LogP contribution in [0.15, 0.2) is 261 Å². The lowest BCUT2D eigenvalue weighted by Gasteiger charge is -2.34. The number of rotatable bonds is 8. The number of hydrogen-bond acceptors (Lipinski definition) is 1. The normalized spacial score (nSPS) is 12.5. The highest BCUT2D eigenvalue weighted by atomic mass is 15.1. The molecular formula is C63H43N. The maximum atomic E-state index is 2.44. The molecule has 0 spiro atoms. The SMILES string of the molecule is c1ccc(C2(c3ccccc3)c3ccccc3-c3c(-c4ccccc4N(c4ccc(-c5cccc6ccccc56)cc4)c4ccc(-c5cccc6ccccc56)cc4)cccc32)cc1. The lowest BCUT2D eigenvalue weighted by molar-refractivity contribution is 0.768. The Hall–Kier alpha value is -8.26. The Bertz CT molecular complexity index is 3300. The number of para-hydroxylation sites is 1. The second kappa shape index (κ2) is 15.6. The highest BCUT2D eigenvalue weighted by Gasteiger charge is 2.46. The third-order valence-electron chi connectivity index (χ3n) is 13.4. The molecule has 64 heavy (non-hydrogen) atoms. The maximum absolute atomic E-state index is 2.44. The van der Waals surface area contributed by atoms with E-state index in [0.717, 1.165) is 17.1 Å². The highest BCUT2D eigenvalue weighted by molar-refractivity contribution is 6.01. The summed E-state index contributed by atoms with van der Waals surface area (Å²) in [5.74, 6) is 0. The first-order valence-electron chi connectivity index (χ1n) is 22.2. The molecule has 0 fully saturated rings. The van der Waals surface area contributed by atoms with Gasteiger partial charge in [0.2, 0.25) is 0 Å². The molecule has 0 radical (unpaired) electrons. The Kier molecular flexibility index (Phi) is 9.13. The van der Waals surface area contributed by atoms with Crippen molar-refractivity contribution >= 4 is 38.6 Å². The molecule has 0 unspecified atom stereocenters. The standard InChI is InChI=1S/C63H43N/c1-3-22-48(23-4-1)63(49-24-5-2-6-25-49)59-33-13-11-29-58(59)62-57(32-17-34-60(62)63)56-28-12-14-35-61(56)64(50-40-36-46(37-41-50)54-30-15-20-44-18-7-9-26-52(44)54)51-42-38-47(39-43-51)55-31-16-21-45-19-8-10-27-53(45)55/h1-43H. The fraction of sp³-hybridized carbons (Fsp3) is 0.0159. The van der Waals surface area contributed by atoms with Crippen molar-refractivity contribution in [2.24, 2.45) is 0 Å². The third-order valence-corrected chi connectivity index (χ3v) is 13.4. The molecule has 11 aromatic carbocycles. The van der Waals surface area contributed by atoms with Crippen molar-refractivity contribution < 1.29 is 0 Å². The van der Waals surface area contributed by atoms with Gasteiger partial charge in [0.05, 0.1) is 11.1 Å². The molecule has 0 heterocycles. The number of anilines is 3. The summed E-state index contributed by atoms with van der Waals surface area (Å²) in [7, 11) is 0. The first kappa shape index (κ1) is 37.5. The smallest absolute Gasteiger partial charge is 0.0713 e. The zero-order chi connectivity index (χ0) is 42.5. The number of hydrogen-bond donors (Lipinski definition) is 0. The number of nitrogens with zero attached hydrogens (tertiary/aromatic N) is 1. The number of benzene rings is 11. The monoisotopic (exact) mass is 813 g/mol. The summed E-state index contributed by atoms with van der Waals surface area (Å²) in [6, 6.07) is 95.8. The Morgan fingerprint density at radius 1 is 0.266 bits per heavy atom. The van der Waals surface area contributed by atoms with Crippen molar-refractivity contribution in [3.8, 4) is 44.5 Å². The van der Waals surface area contributed by atoms with Crippen molar-refractivity contribution in [1.29, 1.82) is 0 Å². The van der Waals surface area contributed by atoms with E-state index in [1.807, 2.05) is 0 Å². The topological polar surface area (TPSA) is 3.24 Å². The van der Waals surface area contributed by atoms with Crippen molar-refractivity contribution in [2.75, 3.05) is 4.90 Å². The van der Waals surface area contributed by atoms with E-state index in [1.165, 1.54) is 88.3 Å². The van der Waals surface area contributed by atoms with Gasteiger partial charge < -0.3 is 4.90 Å². The van der Waals surface area contributed by atoms with Gasteiger partial charge in [-0.3, -0.25) is 0 Å². The van der Waals surface area contributed by atoms with Gasteiger partial charge in [0.1, 0.15) is 0 Å². The van der Waals surface area contributed by atoms with Crippen LogP contribution in [0.5, 0.6) is 0 Å². The summed E-state index contributed by atoms with van der Waals surface area (Å²) in [6.07, 6.45) is 0. The molecule has 0 saturated heterocycles. The van der Waals surface area contributed by atoms with E-state index in [0.29, 0.717) is 0 Å². The fourth-order valence-corrected chi connectivity index (χ4v) is 10.6. The maximum Gasteiger partial charge on any atom is 0.0713 e. The van der Waals surface area contributed by atoms with Crippen LogP contribution in [0, 0.1) is 0 Å². The molecule has 11 aromatic rings. The van der Waals surface area contributed by atoms with Gasteiger partial charge >= 0.3 is 0 Å². The van der Waals surface area contributed by atoms with E-state index in [4.69, 9.17) is 0 Å². The molecule has 1 aliphatic rings. The third kappa shape index (κ3) is 6.01. The molecule has 0 N–H and O–H groups in total. The molecule has 0 saturated carbocycles. The van der Waals surface area contributed by atoms with Crippen LogP contribution < -0.4 is 4.90 Å². The summed E-state index contributed by atoms with van der Waals surface area (Å²) in [5.41, 5.74) is 17.7. The van der Waals surface area contributed by atoms with E-state index in [2.05, 4.69) is 266 Å². The predicted molar refractivity (Wildman–Crippen MR) is 270 cm³/mol. The summed E-state index contributed by atoms with van der Waals surface area (Å²) in [6.45, 7) is 0. The van der Waals surface area contributed by atoms with Gasteiger partial charge in [-0.1, -0.05) is 231 Å². The zero-order valence-electron chi connectivity index (χ0n) is 35.3. The lowest BCUT2D eigenvalue weighted by Crippen LogP contribution is -2.28. The molecular weight excluding hydrogens is 771 g/mol. The van der Waals surface area contributed by atoms with E-state index >= 15 is 0 Å². The molecule has 1 heteroatoms. The fourth-order valence-electron chi connectivity index (χ4n) is 10.6. The van der Waals surface area contributed by atoms with Gasteiger partial charge in [-0.15, -0.1) is 0 Å². The van der Waals surface area contributed by atoms with E-state index in [9.17, 15) is 0 Å². The summed E-state index contributed by atoms with van der Waals surface area (Å²) in [4.78, 5) is 2.44. The van der Waals surface area contributed by atoms with Crippen molar-refractivity contribution in [3.63, 3.8) is 0 Å². The minimum Gasteiger partial charge on any atom is -0.310 e. The van der Waals surface area contributed by atoms with Gasteiger partial charge in [-0.2, -0.15) is 0 Å². The molecule has 1 nitrogen and oxygen atoms in total. The van der Waals surface area contributed by atoms with Crippen LogP contribution in [-0.2, 0) is 5.41 Å². The molecule has 0 atom stereocenters. The van der Waals surface area contributed by atoms with E-state index < -0.39 is 5.41 Å². The van der Waals surface area contributed by atoms with E-state index in [-0.39, 0.29) is 0 Å². The second-order valence-electron chi connectivity index (χ2n) is 16.8. The molecule has 12 rings (SSSR count). The van der Waals surface area contributed by atoms with Gasteiger partial charge in [0, 0.05) is 16.9 Å². The largest absolute Gasteiger partial charge is 0.310 e.